The summed E-state index contributed by atoms with van der Waals surface area (Å²) in [4.78, 5) is 0.193. The number of ether oxygens (including phenoxy) is 1. The van der Waals surface area contributed by atoms with Gasteiger partial charge in [0.2, 0.25) is 10.0 Å². The van der Waals surface area contributed by atoms with Crippen LogP contribution in [0.3, 0.4) is 0 Å². The van der Waals surface area contributed by atoms with Crippen molar-refractivity contribution in [1.29, 1.82) is 0 Å². The fraction of sp³-hybridized carbons (Fsp3) is 0.692. The highest BCUT2D eigenvalue weighted by atomic mass is 32.2. The van der Waals surface area contributed by atoms with Crippen LogP contribution in [0.5, 0.6) is 0 Å². The number of furan rings is 1. The summed E-state index contributed by atoms with van der Waals surface area (Å²) >= 11 is 0. The third kappa shape index (κ3) is 2.90. The van der Waals surface area contributed by atoms with Crippen LogP contribution in [-0.2, 0) is 21.3 Å². The van der Waals surface area contributed by atoms with Gasteiger partial charge in [0.1, 0.15) is 16.4 Å². The Kier molecular flexibility index (Phi) is 4.53. The van der Waals surface area contributed by atoms with E-state index in [1.807, 2.05) is 0 Å². The molecular weight excluding hydrogens is 280 g/mol. The molecular formula is C13H22N2O4S. The Morgan fingerprint density at radius 3 is 2.60 bits per heavy atom. The van der Waals surface area contributed by atoms with Gasteiger partial charge in [-0.05, 0) is 33.1 Å². The highest BCUT2D eigenvalue weighted by Crippen LogP contribution is 2.28. The van der Waals surface area contributed by atoms with Gasteiger partial charge >= 0.3 is 0 Å². The van der Waals surface area contributed by atoms with Crippen molar-refractivity contribution in [2.75, 3.05) is 7.11 Å². The number of rotatable bonds is 5. The average molecular weight is 302 g/mol. The van der Waals surface area contributed by atoms with Gasteiger partial charge in [-0.1, -0.05) is 0 Å². The molecule has 0 amide bonds. The number of aryl methyl sites for hydroxylation is 2. The van der Waals surface area contributed by atoms with Gasteiger partial charge in [0.15, 0.2) is 0 Å². The molecule has 0 saturated heterocycles. The van der Waals surface area contributed by atoms with Gasteiger partial charge in [-0.3, -0.25) is 0 Å². The van der Waals surface area contributed by atoms with E-state index in [0.717, 1.165) is 12.8 Å². The predicted octanol–water partition coefficient (Wildman–Crippen LogP) is 1.20. The largest absolute Gasteiger partial charge is 0.465 e. The fourth-order valence-electron chi connectivity index (χ4n) is 2.84. The first-order valence-electron chi connectivity index (χ1n) is 6.73. The second-order valence-electron chi connectivity index (χ2n) is 5.22. The SMILES string of the molecule is COC1CCC(NS(=O)(=O)c2c(C)oc(C)c2CN)C1. The normalized spacial score (nSPS) is 23.4. The molecule has 7 heteroatoms. The smallest absolute Gasteiger partial charge is 0.244 e. The van der Waals surface area contributed by atoms with Crippen molar-refractivity contribution in [3.05, 3.63) is 17.1 Å². The summed E-state index contributed by atoms with van der Waals surface area (Å²) < 4.78 is 38.5. The Labute approximate surface area is 119 Å². The van der Waals surface area contributed by atoms with E-state index in [0.29, 0.717) is 23.5 Å². The minimum absolute atomic E-state index is 0.0924. The molecule has 0 aliphatic heterocycles. The lowest BCUT2D eigenvalue weighted by molar-refractivity contribution is 0.107. The summed E-state index contributed by atoms with van der Waals surface area (Å²) in [5.74, 6) is 0.948. The maximum atomic E-state index is 12.5. The molecule has 1 aromatic heterocycles. The van der Waals surface area contributed by atoms with E-state index in [-0.39, 0.29) is 23.6 Å². The lowest BCUT2D eigenvalue weighted by Gasteiger charge is -2.14. The zero-order chi connectivity index (χ0) is 14.9. The molecule has 6 nitrogen and oxygen atoms in total. The fourth-order valence-corrected chi connectivity index (χ4v) is 4.58. The number of nitrogens with one attached hydrogen (secondary N) is 1. The van der Waals surface area contributed by atoms with Crippen molar-refractivity contribution in [1.82, 2.24) is 4.72 Å². The Bertz CT molecular complexity index is 579. The Hall–Kier alpha value is -0.890. The van der Waals surface area contributed by atoms with Crippen LogP contribution in [0.25, 0.3) is 0 Å². The maximum absolute atomic E-state index is 12.5. The Morgan fingerprint density at radius 2 is 2.05 bits per heavy atom. The number of methoxy groups -OCH3 is 1. The summed E-state index contributed by atoms with van der Waals surface area (Å²) in [5.41, 5.74) is 6.19. The van der Waals surface area contributed by atoms with Gasteiger partial charge in [0.25, 0.3) is 0 Å². The van der Waals surface area contributed by atoms with Crippen molar-refractivity contribution < 1.29 is 17.6 Å². The summed E-state index contributed by atoms with van der Waals surface area (Å²) in [6.07, 6.45) is 2.48. The third-order valence-corrected chi connectivity index (χ3v) is 5.55. The monoisotopic (exact) mass is 302 g/mol. The molecule has 1 fully saturated rings. The lowest BCUT2D eigenvalue weighted by atomic mass is 10.2. The molecule has 1 aromatic rings. The van der Waals surface area contributed by atoms with E-state index in [1.165, 1.54) is 0 Å². The second-order valence-corrected chi connectivity index (χ2v) is 6.87. The van der Waals surface area contributed by atoms with Crippen molar-refractivity contribution >= 4 is 10.0 Å². The van der Waals surface area contributed by atoms with Crippen molar-refractivity contribution in [2.45, 2.75) is 56.7 Å². The van der Waals surface area contributed by atoms with E-state index in [2.05, 4.69) is 4.72 Å². The van der Waals surface area contributed by atoms with E-state index in [9.17, 15) is 8.42 Å². The third-order valence-electron chi connectivity index (χ3n) is 3.84. The molecule has 2 rings (SSSR count). The predicted molar refractivity (Wildman–Crippen MR) is 74.8 cm³/mol. The van der Waals surface area contributed by atoms with Gasteiger partial charge in [0.05, 0.1) is 6.10 Å². The van der Waals surface area contributed by atoms with E-state index in [1.54, 1.807) is 21.0 Å². The van der Waals surface area contributed by atoms with Crippen LogP contribution >= 0.6 is 0 Å². The summed E-state index contributed by atoms with van der Waals surface area (Å²) in [6.45, 7) is 3.52. The van der Waals surface area contributed by atoms with E-state index < -0.39 is 10.0 Å². The molecule has 1 aliphatic carbocycles. The summed E-state index contributed by atoms with van der Waals surface area (Å²) in [7, 11) is -1.96. The second kappa shape index (κ2) is 5.85. The first-order valence-corrected chi connectivity index (χ1v) is 8.21. The molecule has 0 radical (unpaired) electrons. The molecule has 3 N–H and O–H groups in total. The quantitative estimate of drug-likeness (QED) is 0.852. The van der Waals surface area contributed by atoms with Gasteiger partial charge in [-0.2, -0.15) is 0 Å². The van der Waals surface area contributed by atoms with Crippen LogP contribution < -0.4 is 10.5 Å². The zero-order valence-corrected chi connectivity index (χ0v) is 12.9. The van der Waals surface area contributed by atoms with Crippen LogP contribution in [0.4, 0.5) is 0 Å². The molecule has 0 spiro atoms. The molecule has 1 aliphatic rings. The van der Waals surface area contributed by atoms with Crippen LogP contribution in [-0.4, -0.2) is 27.7 Å². The molecule has 2 atom stereocenters. The number of sulfonamides is 1. The van der Waals surface area contributed by atoms with Gasteiger partial charge in [0, 0.05) is 25.3 Å². The van der Waals surface area contributed by atoms with E-state index >= 15 is 0 Å². The number of hydrogen-bond donors (Lipinski definition) is 2. The zero-order valence-electron chi connectivity index (χ0n) is 12.1. The minimum atomic E-state index is -3.61. The van der Waals surface area contributed by atoms with Crippen molar-refractivity contribution in [3.63, 3.8) is 0 Å². The standard InChI is InChI=1S/C13H22N2O4S/c1-8-12(7-14)13(9(2)19-8)20(16,17)15-10-4-5-11(6-10)18-3/h10-11,15H,4-7,14H2,1-3H3. The molecule has 0 aromatic carbocycles. The highest BCUT2D eigenvalue weighted by molar-refractivity contribution is 7.89. The maximum Gasteiger partial charge on any atom is 0.244 e. The molecule has 1 saturated carbocycles. The van der Waals surface area contributed by atoms with Crippen molar-refractivity contribution in [3.8, 4) is 0 Å². The molecule has 2 unspecified atom stereocenters. The first-order chi connectivity index (χ1) is 9.39. The summed E-state index contributed by atoms with van der Waals surface area (Å²) in [5, 5.41) is 0. The summed E-state index contributed by atoms with van der Waals surface area (Å²) in [6, 6.07) is -0.0924. The van der Waals surface area contributed by atoms with E-state index in [4.69, 9.17) is 14.9 Å². The van der Waals surface area contributed by atoms with Gasteiger partial charge in [-0.25, -0.2) is 13.1 Å². The molecule has 20 heavy (non-hydrogen) atoms. The van der Waals surface area contributed by atoms with Gasteiger partial charge in [-0.15, -0.1) is 0 Å². The Morgan fingerprint density at radius 1 is 1.35 bits per heavy atom. The van der Waals surface area contributed by atoms with Crippen LogP contribution in [0.15, 0.2) is 9.31 Å². The van der Waals surface area contributed by atoms with Crippen LogP contribution in [0.1, 0.15) is 36.3 Å². The highest BCUT2D eigenvalue weighted by Gasteiger charge is 2.32. The lowest BCUT2D eigenvalue weighted by Crippen LogP contribution is -2.34. The number of hydrogen-bond acceptors (Lipinski definition) is 5. The number of nitrogens with two attached hydrogens (primary N) is 1. The Balaban J connectivity index is 2.23. The van der Waals surface area contributed by atoms with Crippen LogP contribution in [0.2, 0.25) is 0 Å². The topological polar surface area (TPSA) is 94.6 Å². The molecule has 114 valence electrons. The van der Waals surface area contributed by atoms with Crippen LogP contribution in [0, 0.1) is 13.8 Å². The first kappa shape index (κ1) is 15.5. The molecule has 0 bridgehead atoms. The molecule has 1 heterocycles. The minimum Gasteiger partial charge on any atom is -0.465 e. The average Bonchev–Trinajstić information content (AvgIpc) is 2.92. The van der Waals surface area contributed by atoms with Crippen molar-refractivity contribution in [2.24, 2.45) is 5.73 Å². The van der Waals surface area contributed by atoms with Gasteiger partial charge < -0.3 is 14.9 Å².